The van der Waals surface area contributed by atoms with Gasteiger partial charge < -0.3 is 20.7 Å². The maximum atomic E-state index is 12.2. The first-order valence-corrected chi connectivity index (χ1v) is 11.1. The van der Waals surface area contributed by atoms with Gasteiger partial charge in [-0.2, -0.15) is 0 Å². The third-order valence-corrected chi connectivity index (χ3v) is 5.28. The quantitative estimate of drug-likeness (QED) is 0.223. The van der Waals surface area contributed by atoms with Crippen molar-refractivity contribution in [1.29, 1.82) is 0 Å². The first-order valence-electron chi connectivity index (χ1n) is 11.1. The van der Waals surface area contributed by atoms with Crippen LogP contribution >= 0.6 is 24.0 Å². The number of carbonyl (C=O) groups is 1. The lowest BCUT2D eigenvalue weighted by atomic mass is 9.85. The summed E-state index contributed by atoms with van der Waals surface area (Å²) in [6, 6.07) is 7.95. The van der Waals surface area contributed by atoms with Crippen molar-refractivity contribution in [3.63, 3.8) is 0 Å². The van der Waals surface area contributed by atoms with Gasteiger partial charge in [-0.15, -0.1) is 24.0 Å². The van der Waals surface area contributed by atoms with Crippen LogP contribution in [0, 0.1) is 11.8 Å². The van der Waals surface area contributed by atoms with Crippen molar-refractivity contribution in [2.45, 2.75) is 66.0 Å². The molecule has 0 heterocycles. The summed E-state index contributed by atoms with van der Waals surface area (Å²) in [5.74, 6) is 1.62. The van der Waals surface area contributed by atoms with Gasteiger partial charge >= 0.3 is 0 Å². The summed E-state index contributed by atoms with van der Waals surface area (Å²) < 4.78 is 5.81. The number of rotatable bonds is 11. The average molecular weight is 530 g/mol. The van der Waals surface area contributed by atoms with Crippen LogP contribution in [0.25, 0.3) is 0 Å². The molecule has 7 heteroatoms. The van der Waals surface area contributed by atoms with Gasteiger partial charge in [0.25, 0.3) is 0 Å². The van der Waals surface area contributed by atoms with E-state index in [1.165, 1.54) is 0 Å². The van der Waals surface area contributed by atoms with E-state index >= 15 is 0 Å². The molecule has 30 heavy (non-hydrogen) atoms. The number of nitrogens with zero attached hydrogens (tertiary/aromatic N) is 1. The lowest BCUT2D eigenvalue weighted by Crippen LogP contribution is -2.39. The molecule has 2 rings (SSSR count). The Balaban J connectivity index is 0.00000450. The largest absolute Gasteiger partial charge is 0.378 e. The second kappa shape index (κ2) is 14.6. The molecule has 0 saturated heterocycles. The first kappa shape index (κ1) is 26.7. The number of hydrogen-bond donors (Lipinski definition) is 3. The molecule has 1 unspecified atom stereocenters. The van der Waals surface area contributed by atoms with Crippen LogP contribution in [0.3, 0.4) is 0 Å². The highest BCUT2D eigenvalue weighted by atomic mass is 127. The van der Waals surface area contributed by atoms with E-state index in [0.717, 1.165) is 62.6 Å². The smallest absolute Gasteiger partial charge is 0.227 e. The number of hydrogen-bond acceptors (Lipinski definition) is 3. The third kappa shape index (κ3) is 9.20. The minimum atomic E-state index is 0. The topological polar surface area (TPSA) is 74.8 Å². The molecule has 170 valence electrons. The second-order valence-corrected chi connectivity index (χ2v) is 7.97. The van der Waals surface area contributed by atoms with Crippen LogP contribution in [0.5, 0.6) is 0 Å². The van der Waals surface area contributed by atoms with E-state index in [4.69, 9.17) is 9.73 Å². The molecule has 1 amide bonds. The summed E-state index contributed by atoms with van der Waals surface area (Å²) in [5.41, 5.74) is 1.92. The monoisotopic (exact) mass is 530 g/mol. The van der Waals surface area contributed by atoms with Crippen LogP contribution in [-0.2, 0) is 16.1 Å². The van der Waals surface area contributed by atoms with Gasteiger partial charge in [0.15, 0.2) is 5.96 Å². The van der Waals surface area contributed by atoms with Gasteiger partial charge in [0, 0.05) is 31.3 Å². The van der Waals surface area contributed by atoms with E-state index in [1.807, 2.05) is 31.2 Å². The Morgan fingerprint density at radius 1 is 1.23 bits per heavy atom. The fraction of sp³-hybridized carbons (Fsp3) is 0.652. The Morgan fingerprint density at radius 2 is 2.00 bits per heavy atom. The highest BCUT2D eigenvalue weighted by molar-refractivity contribution is 14.0. The molecule has 0 bridgehead atoms. The van der Waals surface area contributed by atoms with Crippen LogP contribution in [0.2, 0.25) is 0 Å². The zero-order valence-electron chi connectivity index (χ0n) is 18.9. The molecule has 3 N–H and O–H groups in total. The van der Waals surface area contributed by atoms with Gasteiger partial charge in [-0.05, 0) is 56.7 Å². The minimum absolute atomic E-state index is 0. The maximum absolute atomic E-state index is 12.2. The Morgan fingerprint density at radius 3 is 2.60 bits per heavy atom. The Hall–Kier alpha value is -1.35. The number of aliphatic imine (C=N–C) groups is 1. The van der Waals surface area contributed by atoms with E-state index in [1.54, 1.807) is 0 Å². The number of anilines is 1. The predicted octanol–water partition coefficient (Wildman–Crippen LogP) is 4.55. The summed E-state index contributed by atoms with van der Waals surface area (Å²) in [5, 5.41) is 9.73. The minimum Gasteiger partial charge on any atom is -0.378 e. The molecule has 1 aromatic carbocycles. The molecule has 0 aromatic heterocycles. The molecule has 1 fully saturated rings. The Labute approximate surface area is 199 Å². The molecule has 0 spiro atoms. The molecule has 0 radical (unpaired) electrons. The summed E-state index contributed by atoms with van der Waals surface area (Å²) in [6.45, 7) is 11.4. The molecule has 6 nitrogen and oxygen atoms in total. The summed E-state index contributed by atoms with van der Waals surface area (Å²) in [7, 11) is 0. The Kier molecular flexibility index (Phi) is 13.0. The van der Waals surface area contributed by atoms with Crippen LogP contribution in [0.15, 0.2) is 29.3 Å². The van der Waals surface area contributed by atoms with Gasteiger partial charge in [-0.25, -0.2) is 4.99 Å². The van der Waals surface area contributed by atoms with Crippen molar-refractivity contribution >= 4 is 41.5 Å². The SMILES string of the molecule is CCNC(=NCc1cccc(NC(=O)C2CCC2)c1)NCCC(OCC)C(C)C.I. The van der Waals surface area contributed by atoms with Crippen LogP contribution in [0.1, 0.15) is 58.9 Å². The Bertz CT molecular complexity index is 662. The summed E-state index contributed by atoms with van der Waals surface area (Å²) >= 11 is 0. The number of carbonyl (C=O) groups excluding carboxylic acids is 1. The van der Waals surface area contributed by atoms with E-state index in [9.17, 15) is 4.79 Å². The van der Waals surface area contributed by atoms with E-state index in [2.05, 4.69) is 36.7 Å². The van der Waals surface area contributed by atoms with Crippen LogP contribution in [0.4, 0.5) is 5.69 Å². The number of guanidine groups is 1. The maximum Gasteiger partial charge on any atom is 0.227 e. The molecular weight excluding hydrogens is 491 g/mol. The van der Waals surface area contributed by atoms with Gasteiger partial charge in [0.1, 0.15) is 0 Å². The van der Waals surface area contributed by atoms with E-state index in [0.29, 0.717) is 12.5 Å². The molecular formula is C23H39IN4O2. The predicted molar refractivity (Wildman–Crippen MR) is 136 cm³/mol. The van der Waals surface area contributed by atoms with E-state index < -0.39 is 0 Å². The third-order valence-electron chi connectivity index (χ3n) is 5.28. The lowest BCUT2D eigenvalue weighted by Gasteiger charge is -2.24. The molecule has 1 saturated carbocycles. The van der Waals surface area contributed by atoms with Gasteiger partial charge in [-0.1, -0.05) is 32.4 Å². The zero-order chi connectivity index (χ0) is 21.1. The fourth-order valence-corrected chi connectivity index (χ4v) is 3.33. The van der Waals surface area contributed by atoms with Crippen molar-refractivity contribution in [3.8, 4) is 0 Å². The lowest BCUT2D eigenvalue weighted by molar-refractivity contribution is -0.122. The highest BCUT2D eigenvalue weighted by Crippen LogP contribution is 2.27. The molecule has 1 aromatic rings. The number of benzene rings is 1. The van der Waals surface area contributed by atoms with Gasteiger partial charge in [0.2, 0.25) is 5.91 Å². The fourth-order valence-electron chi connectivity index (χ4n) is 3.33. The molecule has 1 aliphatic carbocycles. The van der Waals surface area contributed by atoms with Gasteiger partial charge in [-0.3, -0.25) is 4.79 Å². The second-order valence-electron chi connectivity index (χ2n) is 7.97. The summed E-state index contributed by atoms with van der Waals surface area (Å²) in [4.78, 5) is 16.9. The van der Waals surface area contributed by atoms with E-state index in [-0.39, 0.29) is 41.9 Å². The standard InChI is InChI=1S/C23H38N4O2.HI/c1-5-24-23(25-14-13-21(17(3)4)29-6-2)26-16-18-9-7-12-20(15-18)27-22(28)19-10-8-11-19;/h7,9,12,15,17,19,21H,5-6,8,10-11,13-14,16H2,1-4H3,(H,27,28)(H2,24,25,26);1H. The number of amides is 1. The number of nitrogens with one attached hydrogen (secondary N) is 3. The van der Waals surface area contributed by atoms with Crippen molar-refractivity contribution in [1.82, 2.24) is 10.6 Å². The molecule has 1 aliphatic rings. The van der Waals surface area contributed by atoms with Crippen LogP contribution in [-0.4, -0.2) is 37.7 Å². The van der Waals surface area contributed by atoms with Crippen molar-refractivity contribution in [3.05, 3.63) is 29.8 Å². The van der Waals surface area contributed by atoms with Gasteiger partial charge in [0.05, 0.1) is 12.6 Å². The number of ether oxygens (including phenoxy) is 1. The normalized spacial score (nSPS) is 15.2. The van der Waals surface area contributed by atoms with Crippen molar-refractivity contribution < 1.29 is 9.53 Å². The zero-order valence-corrected chi connectivity index (χ0v) is 21.2. The van der Waals surface area contributed by atoms with Crippen molar-refractivity contribution in [2.24, 2.45) is 16.8 Å². The molecule has 0 aliphatic heterocycles. The average Bonchev–Trinajstić information content (AvgIpc) is 2.64. The van der Waals surface area contributed by atoms with Crippen LogP contribution < -0.4 is 16.0 Å². The highest BCUT2D eigenvalue weighted by Gasteiger charge is 2.25. The van der Waals surface area contributed by atoms with Crippen molar-refractivity contribution in [2.75, 3.05) is 25.0 Å². The molecule has 1 atom stereocenters. The summed E-state index contributed by atoms with van der Waals surface area (Å²) in [6.07, 6.45) is 4.38. The number of halogens is 1. The first-order chi connectivity index (χ1) is 14.0.